The second-order valence-electron chi connectivity index (χ2n) is 12.8. The second kappa shape index (κ2) is 20.6. The summed E-state index contributed by atoms with van der Waals surface area (Å²) in [5, 5.41) is 14.2. The molecule has 1 aliphatic rings. The molecular weight excluding hydrogens is 653 g/mol. The van der Waals surface area contributed by atoms with E-state index in [0.717, 1.165) is 24.3 Å². The molecule has 1 aliphatic heterocycles. The van der Waals surface area contributed by atoms with E-state index in [1.165, 1.54) is 95.2 Å². The third-order valence-electron chi connectivity index (χ3n) is 8.80. The van der Waals surface area contributed by atoms with E-state index in [1.54, 1.807) is 55.6 Å². The normalized spacial score (nSPS) is 14.8. The van der Waals surface area contributed by atoms with Crippen molar-refractivity contribution in [3.8, 4) is 17.2 Å². The van der Waals surface area contributed by atoms with Gasteiger partial charge in [0.25, 0.3) is 16.0 Å². The molecule has 270 valence electrons. The molecule has 0 spiro atoms. The van der Waals surface area contributed by atoms with E-state index < -0.39 is 27.0 Å². The Morgan fingerprint density at radius 3 is 1.86 bits per heavy atom. The van der Waals surface area contributed by atoms with Gasteiger partial charge < -0.3 is 9.47 Å². The number of hydrogen-bond donors (Lipinski definition) is 1. The zero-order valence-electron chi connectivity index (χ0n) is 29.5. The smallest absolute Gasteiger partial charge is 0.296 e. The molecule has 0 aromatic heterocycles. The van der Waals surface area contributed by atoms with Gasteiger partial charge in [0.15, 0.2) is 6.04 Å². The van der Waals surface area contributed by atoms with Gasteiger partial charge in [-0.25, -0.2) is 0 Å². The fraction of sp³-hybridized carbons (Fsp3) is 0.487. The summed E-state index contributed by atoms with van der Waals surface area (Å²) in [6.45, 7) is 2.26. The van der Waals surface area contributed by atoms with E-state index >= 15 is 0 Å². The summed E-state index contributed by atoms with van der Waals surface area (Å²) in [5.41, 5.74) is 0.936. The number of ether oxygens (including phenoxy) is 2. The molecule has 1 atom stereocenters. The topological polar surface area (TPSA) is 130 Å². The lowest BCUT2D eigenvalue weighted by Gasteiger charge is -2.17. The number of azo groups is 1. The SMILES string of the molecule is CCCCCCCCCCCCCCCCCC1=NN(c2ccc(Oc3ccccc3)cc2S(=O)(=O)O)C(=O)C1N=Nc1ccc(OC)cc1. The first kappa shape index (κ1) is 38.7. The van der Waals surface area contributed by atoms with Crippen molar-refractivity contribution in [3.05, 3.63) is 72.8 Å². The number of benzene rings is 3. The Balaban J connectivity index is 1.37. The van der Waals surface area contributed by atoms with Gasteiger partial charge in [-0.2, -0.15) is 28.8 Å². The largest absolute Gasteiger partial charge is 0.497 e. The number of rotatable bonds is 23. The van der Waals surface area contributed by atoms with Gasteiger partial charge in [-0.05, 0) is 61.4 Å². The molecule has 1 heterocycles. The Morgan fingerprint density at radius 1 is 0.740 bits per heavy atom. The van der Waals surface area contributed by atoms with Gasteiger partial charge >= 0.3 is 0 Å². The molecule has 0 aliphatic carbocycles. The van der Waals surface area contributed by atoms with Gasteiger partial charge in [0.1, 0.15) is 22.1 Å². The van der Waals surface area contributed by atoms with Crippen LogP contribution in [0, 0.1) is 0 Å². The lowest BCUT2D eigenvalue weighted by molar-refractivity contribution is -0.117. The number of unbranched alkanes of at least 4 members (excludes halogenated alkanes) is 14. The van der Waals surface area contributed by atoms with Crippen LogP contribution in [0.5, 0.6) is 17.2 Å². The van der Waals surface area contributed by atoms with E-state index in [-0.39, 0.29) is 11.4 Å². The first-order chi connectivity index (χ1) is 24.3. The monoisotopic (exact) mass is 704 g/mol. The highest BCUT2D eigenvalue weighted by Crippen LogP contribution is 2.35. The predicted octanol–water partition coefficient (Wildman–Crippen LogP) is 10.9. The molecule has 4 rings (SSSR count). The molecule has 0 radical (unpaired) electrons. The van der Waals surface area contributed by atoms with Crippen LogP contribution < -0.4 is 14.5 Å². The minimum absolute atomic E-state index is 0.0888. The highest BCUT2D eigenvalue weighted by molar-refractivity contribution is 7.86. The maximum absolute atomic E-state index is 13.8. The predicted molar refractivity (Wildman–Crippen MR) is 199 cm³/mol. The van der Waals surface area contributed by atoms with Crippen molar-refractivity contribution >= 4 is 33.1 Å². The molecule has 3 aromatic rings. The molecule has 0 fully saturated rings. The van der Waals surface area contributed by atoms with Gasteiger partial charge in [-0.15, -0.1) is 0 Å². The second-order valence-corrected chi connectivity index (χ2v) is 14.2. The highest BCUT2D eigenvalue weighted by atomic mass is 32.2. The molecular formula is C39H52N4O6S. The maximum Gasteiger partial charge on any atom is 0.296 e. The van der Waals surface area contributed by atoms with Crippen LogP contribution in [0.4, 0.5) is 11.4 Å². The Bertz CT molecular complexity index is 1640. The standard InChI is InChI=1S/C39H52N4O6S/c1-3-4-5-6-7-8-9-10-11-12-13-14-15-16-20-23-35-38(41-40-31-24-26-32(48-2)27-25-31)39(44)43(42-35)36-29-28-34(30-37(36)50(45,46)47)49-33-21-18-17-19-22-33/h17-19,21-22,24-30,38H,3-16,20,23H2,1-2H3,(H,45,46,47). The van der Waals surface area contributed by atoms with E-state index in [1.807, 2.05) is 6.07 Å². The molecule has 3 aromatic carbocycles. The van der Waals surface area contributed by atoms with E-state index in [4.69, 9.17) is 9.47 Å². The number of hydrazone groups is 1. The number of methoxy groups -OCH3 is 1. The zero-order chi connectivity index (χ0) is 35.6. The molecule has 0 saturated heterocycles. The number of para-hydroxylation sites is 1. The van der Waals surface area contributed by atoms with Gasteiger partial charge in [0.2, 0.25) is 0 Å². The van der Waals surface area contributed by atoms with Crippen molar-refractivity contribution in [1.29, 1.82) is 0 Å². The summed E-state index contributed by atoms with van der Waals surface area (Å²) in [7, 11) is -3.18. The average Bonchev–Trinajstić information content (AvgIpc) is 3.43. The molecule has 10 nitrogen and oxygen atoms in total. The Kier molecular flexibility index (Phi) is 15.9. The molecule has 1 amide bonds. The van der Waals surface area contributed by atoms with Crippen LogP contribution in [0.15, 0.2) is 93.0 Å². The molecule has 50 heavy (non-hydrogen) atoms. The van der Waals surface area contributed by atoms with Crippen LogP contribution in [0.3, 0.4) is 0 Å². The first-order valence-corrected chi connectivity index (χ1v) is 19.5. The Morgan fingerprint density at radius 2 is 1.30 bits per heavy atom. The van der Waals surface area contributed by atoms with Gasteiger partial charge in [0, 0.05) is 6.07 Å². The van der Waals surface area contributed by atoms with E-state index in [2.05, 4.69) is 22.3 Å². The fourth-order valence-electron chi connectivity index (χ4n) is 5.98. The van der Waals surface area contributed by atoms with Crippen molar-refractivity contribution in [2.24, 2.45) is 15.3 Å². The third-order valence-corrected chi connectivity index (χ3v) is 9.68. The summed E-state index contributed by atoms with van der Waals surface area (Å²) in [6.07, 6.45) is 19.2. The number of nitrogens with zero attached hydrogens (tertiary/aromatic N) is 4. The Labute approximate surface area is 297 Å². The lowest BCUT2D eigenvalue weighted by Crippen LogP contribution is -2.31. The van der Waals surface area contributed by atoms with E-state index in [9.17, 15) is 17.8 Å². The molecule has 1 unspecified atom stereocenters. The summed E-state index contributed by atoms with van der Waals surface area (Å²) in [5.74, 6) is 0.776. The van der Waals surface area contributed by atoms with Gasteiger partial charge in [0.05, 0.1) is 24.2 Å². The van der Waals surface area contributed by atoms with Crippen LogP contribution in [0.1, 0.15) is 110 Å². The number of carbonyl (C=O) groups excluding carboxylic acids is 1. The average molecular weight is 705 g/mol. The van der Waals surface area contributed by atoms with Crippen LogP contribution in [-0.4, -0.2) is 37.7 Å². The minimum atomic E-state index is -4.76. The van der Waals surface area contributed by atoms with Crippen LogP contribution in [0.2, 0.25) is 0 Å². The van der Waals surface area contributed by atoms with Crippen molar-refractivity contribution in [2.75, 3.05) is 12.1 Å². The summed E-state index contributed by atoms with van der Waals surface area (Å²) < 4.78 is 46.2. The number of carbonyl (C=O) groups is 1. The van der Waals surface area contributed by atoms with E-state index in [0.29, 0.717) is 29.3 Å². The van der Waals surface area contributed by atoms with Crippen molar-refractivity contribution in [2.45, 2.75) is 121 Å². The summed E-state index contributed by atoms with van der Waals surface area (Å²) in [6, 6.07) is 18.9. The fourth-order valence-corrected chi connectivity index (χ4v) is 6.66. The quantitative estimate of drug-likeness (QED) is 0.0594. The van der Waals surface area contributed by atoms with Crippen LogP contribution in [0.25, 0.3) is 0 Å². The van der Waals surface area contributed by atoms with Crippen LogP contribution >= 0.6 is 0 Å². The van der Waals surface area contributed by atoms with Gasteiger partial charge in [-0.3, -0.25) is 9.35 Å². The number of anilines is 1. The number of amides is 1. The molecule has 11 heteroatoms. The highest BCUT2D eigenvalue weighted by Gasteiger charge is 2.39. The number of hydrogen-bond acceptors (Lipinski definition) is 8. The summed E-state index contributed by atoms with van der Waals surface area (Å²) >= 11 is 0. The minimum Gasteiger partial charge on any atom is -0.497 e. The Hall–Kier alpha value is -4.09. The molecule has 0 saturated carbocycles. The maximum atomic E-state index is 13.8. The molecule has 1 N–H and O–H groups in total. The van der Waals surface area contributed by atoms with Crippen LogP contribution in [-0.2, 0) is 14.9 Å². The van der Waals surface area contributed by atoms with Crippen molar-refractivity contribution in [1.82, 2.24) is 0 Å². The third kappa shape index (κ3) is 12.4. The van der Waals surface area contributed by atoms with Gasteiger partial charge in [-0.1, -0.05) is 115 Å². The zero-order valence-corrected chi connectivity index (χ0v) is 30.3. The first-order valence-electron chi connectivity index (χ1n) is 18.1. The molecule has 0 bridgehead atoms. The lowest BCUT2D eigenvalue weighted by atomic mass is 10.0. The van der Waals surface area contributed by atoms with Crippen molar-refractivity contribution < 1.29 is 27.2 Å². The summed E-state index contributed by atoms with van der Waals surface area (Å²) in [4.78, 5) is 13.3. The van der Waals surface area contributed by atoms with Crippen molar-refractivity contribution in [3.63, 3.8) is 0 Å².